The average Bonchev–Trinajstić information content (AvgIpc) is 3.19. The quantitative estimate of drug-likeness (QED) is 0.141. The number of nitrogens with zero attached hydrogens (tertiary/aromatic N) is 4. The Morgan fingerprint density at radius 2 is 1.94 bits per heavy atom. The highest BCUT2D eigenvalue weighted by molar-refractivity contribution is 7.99. The minimum Gasteiger partial charge on any atom is -0.356 e. The minimum atomic E-state index is -0.544. The molecular weight excluding hydrogens is 489 g/mol. The summed E-state index contributed by atoms with van der Waals surface area (Å²) in [5, 5.41) is 23.4. The third-order valence-electron chi connectivity index (χ3n) is 4.52. The monoisotopic (exact) mass is 507 g/mol. The van der Waals surface area contributed by atoms with Gasteiger partial charge < -0.3 is 5.32 Å². The topological polar surface area (TPSA) is 120 Å². The van der Waals surface area contributed by atoms with Gasteiger partial charge in [0.2, 0.25) is 5.91 Å². The van der Waals surface area contributed by atoms with Crippen molar-refractivity contribution in [1.29, 1.82) is 0 Å². The van der Waals surface area contributed by atoms with Crippen LogP contribution in [0.4, 0.5) is 5.69 Å². The molecule has 0 unspecified atom stereocenters. The van der Waals surface area contributed by atoms with Crippen molar-refractivity contribution in [3.8, 4) is 5.69 Å². The Balaban J connectivity index is 1.82. The van der Waals surface area contributed by atoms with Crippen molar-refractivity contribution < 1.29 is 14.5 Å². The molecule has 0 atom stereocenters. The van der Waals surface area contributed by atoms with E-state index in [0.29, 0.717) is 46.1 Å². The molecule has 0 aliphatic carbocycles. The van der Waals surface area contributed by atoms with Gasteiger partial charge in [-0.2, -0.15) is 0 Å². The number of rotatable bonds is 10. The predicted molar refractivity (Wildman–Crippen MR) is 127 cm³/mol. The number of nitrogens with one attached hydrogen (secondary N) is 1. The van der Waals surface area contributed by atoms with E-state index in [4.69, 9.17) is 23.2 Å². The maximum Gasteiger partial charge on any atom is 0.270 e. The summed E-state index contributed by atoms with van der Waals surface area (Å²) < 4.78 is 1.78. The first-order chi connectivity index (χ1) is 15.8. The number of hydrogen-bond donors (Lipinski definition) is 1. The Morgan fingerprint density at radius 1 is 1.15 bits per heavy atom. The zero-order valence-electron chi connectivity index (χ0n) is 17.5. The van der Waals surface area contributed by atoms with Crippen molar-refractivity contribution in [2.45, 2.75) is 24.9 Å². The molecule has 33 heavy (non-hydrogen) atoms. The molecule has 3 aromatic rings. The number of hydrogen-bond acceptors (Lipinski definition) is 7. The second-order valence-corrected chi connectivity index (χ2v) is 8.70. The van der Waals surface area contributed by atoms with Crippen LogP contribution < -0.4 is 5.32 Å². The fraction of sp³-hybridized carbons (Fsp3) is 0.238. The number of aromatic nitrogens is 3. The lowest BCUT2D eigenvalue weighted by Crippen LogP contribution is -2.21. The van der Waals surface area contributed by atoms with E-state index in [0.717, 1.165) is 11.8 Å². The molecule has 0 saturated carbocycles. The highest BCUT2D eigenvalue weighted by Crippen LogP contribution is 2.29. The summed E-state index contributed by atoms with van der Waals surface area (Å²) >= 11 is 13.4. The number of amides is 1. The van der Waals surface area contributed by atoms with Crippen LogP contribution in [0.15, 0.2) is 47.6 Å². The molecule has 0 bridgehead atoms. The minimum absolute atomic E-state index is 0.00646. The number of nitro benzene ring substituents is 1. The van der Waals surface area contributed by atoms with Gasteiger partial charge in [0.15, 0.2) is 10.9 Å². The molecule has 0 aliphatic rings. The van der Waals surface area contributed by atoms with Crippen LogP contribution in [0.1, 0.15) is 29.5 Å². The SMILES string of the molecule is CC(=O)NCCCc1nnc(SCC(=O)c2cccc([N+](=O)[O-])c2)n1-c1ccc(Cl)c(Cl)c1. The number of thioether (sulfide) groups is 1. The fourth-order valence-corrected chi connectivity index (χ4v) is 4.11. The van der Waals surface area contributed by atoms with Crippen molar-refractivity contribution in [3.05, 3.63) is 74.0 Å². The van der Waals surface area contributed by atoms with Crippen LogP contribution in [0.5, 0.6) is 0 Å². The number of carbonyl (C=O) groups excluding carboxylic acids is 2. The van der Waals surface area contributed by atoms with E-state index in [1.165, 1.54) is 31.2 Å². The third kappa shape index (κ3) is 6.53. The van der Waals surface area contributed by atoms with Gasteiger partial charge in [-0.3, -0.25) is 24.3 Å². The van der Waals surface area contributed by atoms with Gasteiger partial charge in [0.1, 0.15) is 5.82 Å². The summed E-state index contributed by atoms with van der Waals surface area (Å²) in [5.41, 5.74) is 0.772. The molecule has 3 rings (SSSR count). The van der Waals surface area contributed by atoms with Crippen molar-refractivity contribution in [2.75, 3.05) is 12.3 Å². The van der Waals surface area contributed by atoms with Gasteiger partial charge in [0, 0.05) is 37.6 Å². The summed E-state index contributed by atoms with van der Waals surface area (Å²) in [6.07, 6.45) is 1.16. The highest BCUT2D eigenvalue weighted by Gasteiger charge is 2.18. The van der Waals surface area contributed by atoms with Crippen molar-refractivity contribution in [2.24, 2.45) is 0 Å². The number of aryl methyl sites for hydroxylation is 1. The van der Waals surface area contributed by atoms with Crippen LogP contribution in [0, 0.1) is 10.1 Å². The number of non-ortho nitro benzene ring substituents is 1. The first-order valence-electron chi connectivity index (χ1n) is 9.81. The lowest BCUT2D eigenvalue weighted by atomic mass is 10.1. The molecule has 0 saturated heterocycles. The molecule has 1 amide bonds. The third-order valence-corrected chi connectivity index (χ3v) is 6.19. The Bertz CT molecular complexity index is 1200. The number of carbonyl (C=O) groups is 2. The van der Waals surface area contributed by atoms with Gasteiger partial charge in [-0.1, -0.05) is 47.1 Å². The molecule has 1 aromatic heterocycles. The summed E-state index contributed by atoms with van der Waals surface area (Å²) in [7, 11) is 0. The number of Topliss-reactive ketones (excluding diaryl/α,β-unsaturated/α-hetero) is 1. The van der Waals surface area contributed by atoms with Crippen LogP contribution >= 0.6 is 35.0 Å². The van der Waals surface area contributed by atoms with E-state index in [-0.39, 0.29) is 28.7 Å². The zero-order valence-corrected chi connectivity index (χ0v) is 19.8. The van der Waals surface area contributed by atoms with Crippen molar-refractivity contribution in [1.82, 2.24) is 20.1 Å². The number of ketones is 1. The highest BCUT2D eigenvalue weighted by atomic mass is 35.5. The van der Waals surface area contributed by atoms with E-state index >= 15 is 0 Å². The van der Waals surface area contributed by atoms with Crippen LogP contribution in [0.2, 0.25) is 10.0 Å². The molecule has 0 fully saturated rings. The molecule has 1 heterocycles. The Labute approximate surface area is 203 Å². The van der Waals surface area contributed by atoms with Gasteiger partial charge in [-0.15, -0.1) is 10.2 Å². The molecular formula is C21H19Cl2N5O4S. The molecule has 12 heteroatoms. The molecule has 1 N–H and O–H groups in total. The first-order valence-corrected chi connectivity index (χ1v) is 11.5. The number of nitro groups is 1. The van der Waals surface area contributed by atoms with E-state index in [1.807, 2.05) is 0 Å². The smallest absolute Gasteiger partial charge is 0.270 e. The van der Waals surface area contributed by atoms with Gasteiger partial charge in [0.25, 0.3) is 5.69 Å². The Morgan fingerprint density at radius 3 is 2.64 bits per heavy atom. The lowest BCUT2D eigenvalue weighted by Gasteiger charge is -2.11. The van der Waals surface area contributed by atoms with E-state index < -0.39 is 4.92 Å². The fourth-order valence-electron chi connectivity index (χ4n) is 2.96. The predicted octanol–water partition coefficient (Wildman–Crippen LogP) is 4.53. The van der Waals surface area contributed by atoms with Crippen molar-refractivity contribution in [3.63, 3.8) is 0 Å². The molecule has 9 nitrogen and oxygen atoms in total. The number of benzene rings is 2. The van der Waals surface area contributed by atoms with Crippen LogP contribution in [-0.4, -0.2) is 43.7 Å². The lowest BCUT2D eigenvalue weighted by molar-refractivity contribution is -0.384. The van der Waals surface area contributed by atoms with Gasteiger partial charge in [-0.05, 0) is 24.6 Å². The molecule has 172 valence electrons. The second kappa shape index (κ2) is 11.3. The molecule has 0 aliphatic heterocycles. The summed E-state index contributed by atoms with van der Waals surface area (Å²) in [4.78, 5) is 34.2. The Hall–Kier alpha value is -2.95. The molecule has 0 radical (unpaired) electrons. The van der Waals surface area contributed by atoms with E-state index in [9.17, 15) is 19.7 Å². The largest absolute Gasteiger partial charge is 0.356 e. The van der Waals surface area contributed by atoms with Gasteiger partial charge in [-0.25, -0.2) is 0 Å². The van der Waals surface area contributed by atoms with Gasteiger partial charge >= 0.3 is 0 Å². The van der Waals surface area contributed by atoms with E-state index in [1.54, 1.807) is 22.8 Å². The van der Waals surface area contributed by atoms with Crippen molar-refractivity contribution >= 4 is 52.3 Å². The van der Waals surface area contributed by atoms with E-state index in [2.05, 4.69) is 15.5 Å². The zero-order chi connectivity index (χ0) is 24.0. The van der Waals surface area contributed by atoms with Gasteiger partial charge in [0.05, 0.1) is 26.4 Å². The second-order valence-electron chi connectivity index (χ2n) is 6.94. The molecule has 2 aromatic carbocycles. The maximum absolute atomic E-state index is 12.6. The van der Waals surface area contributed by atoms with Crippen LogP contribution in [-0.2, 0) is 11.2 Å². The summed E-state index contributed by atoms with van der Waals surface area (Å²) in [6.45, 7) is 1.93. The normalized spacial score (nSPS) is 10.8. The Kier molecular flexibility index (Phi) is 8.43. The maximum atomic E-state index is 12.6. The average molecular weight is 508 g/mol. The molecule has 0 spiro atoms. The van der Waals surface area contributed by atoms with Crippen LogP contribution in [0.3, 0.4) is 0 Å². The first kappa shape index (κ1) is 24.7. The summed E-state index contributed by atoms with van der Waals surface area (Å²) in [6, 6.07) is 10.7. The standard InChI is InChI=1S/C21H19Cl2N5O4S/c1-13(29)24-9-3-6-20-25-26-21(27(20)15-7-8-17(22)18(23)11-15)33-12-19(30)14-4-2-5-16(10-14)28(31)32/h2,4-5,7-8,10-11H,3,6,9,12H2,1H3,(H,24,29). The number of halogens is 2. The summed E-state index contributed by atoms with van der Waals surface area (Å²) in [5.74, 6) is 0.243. The van der Waals surface area contributed by atoms with Crippen LogP contribution in [0.25, 0.3) is 5.69 Å².